The number of benzene rings is 2. The molecule has 0 fully saturated rings. The molecule has 3 unspecified atom stereocenters. The molecule has 0 saturated carbocycles. The molecule has 2 radical (unpaired) electrons. The molecule has 4 rings (SSSR count). The Morgan fingerprint density at radius 2 is 1.34 bits per heavy atom. The third-order valence-corrected chi connectivity index (χ3v) is 7.32. The minimum atomic E-state index is -0.409. The van der Waals surface area contributed by atoms with Gasteiger partial charge in [0.05, 0.1) is 17.2 Å². The fourth-order valence-corrected chi connectivity index (χ4v) is 4.62. The number of likely N-dealkylation sites (N-methyl/N-ethyl adjacent to an activating group) is 2. The summed E-state index contributed by atoms with van der Waals surface area (Å²) >= 11 is 0. The van der Waals surface area contributed by atoms with Gasteiger partial charge in [-0.25, -0.2) is 0 Å². The first-order valence-electron chi connectivity index (χ1n) is 10.6. The number of fused-ring (bicyclic) bond motifs is 2. The minimum Gasteiger partial charge on any atom is -0.391 e. The zero-order valence-corrected chi connectivity index (χ0v) is 26.3. The van der Waals surface area contributed by atoms with E-state index in [0.717, 1.165) is 11.3 Å². The normalized spacial score (nSPS) is 24.7. The molecular formula is C26H34N2O2Y2-2. The number of carbonyl (C=O) groups excluding carboxylic acids is 1. The second-order valence-corrected chi connectivity index (χ2v) is 9.62. The molecule has 0 spiro atoms. The van der Waals surface area contributed by atoms with Gasteiger partial charge in [0.2, 0.25) is 0 Å². The van der Waals surface area contributed by atoms with Gasteiger partial charge in [-0.05, 0) is 39.5 Å². The Kier molecular flexibility index (Phi) is 10.4. The molecule has 4 nitrogen and oxygen atoms in total. The molecule has 2 aliphatic heterocycles. The summed E-state index contributed by atoms with van der Waals surface area (Å²) in [6, 6.07) is 17.9. The molecule has 6 heteroatoms. The van der Waals surface area contributed by atoms with Crippen molar-refractivity contribution in [1.29, 1.82) is 0 Å². The Morgan fingerprint density at radius 1 is 0.875 bits per heavy atom. The van der Waals surface area contributed by atoms with E-state index in [1.165, 1.54) is 11.3 Å². The molecule has 3 atom stereocenters. The molecule has 0 aromatic heterocycles. The van der Waals surface area contributed by atoms with Crippen LogP contribution in [0.15, 0.2) is 36.4 Å². The average molecular weight is 584 g/mol. The van der Waals surface area contributed by atoms with E-state index in [2.05, 4.69) is 48.8 Å². The number of hydrogen-bond donors (Lipinski definition) is 1. The van der Waals surface area contributed by atoms with Gasteiger partial charge < -0.3 is 14.9 Å². The first-order valence-corrected chi connectivity index (χ1v) is 10.6. The maximum Gasteiger partial charge on any atom is 0.153 e. The van der Waals surface area contributed by atoms with Gasteiger partial charge in [0.25, 0.3) is 0 Å². The van der Waals surface area contributed by atoms with Gasteiger partial charge in [0.15, 0.2) is 5.78 Å². The molecule has 0 bridgehead atoms. The maximum atomic E-state index is 12.2. The van der Waals surface area contributed by atoms with Crippen LogP contribution in [-0.2, 0) is 70.2 Å². The third-order valence-electron chi connectivity index (χ3n) is 7.32. The molecule has 2 aromatic rings. The monoisotopic (exact) mass is 584 g/mol. The quantitative estimate of drug-likeness (QED) is 0.462. The van der Waals surface area contributed by atoms with Gasteiger partial charge >= 0.3 is 0 Å². The van der Waals surface area contributed by atoms with E-state index < -0.39 is 5.54 Å². The SMILES string of the molecule is CC1C(=O)C(C)(C)N(C)c2cc[c-]cc21.CC1c2c[c-]ccc2N(C)C(C)(C)C1O.[Y].[Y]. The summed E-state index contributed by atoms with van der Waals surface area (Å²) in [7, 11) is 4.01. The molecule has 2 aromatic carbocycles. The summed E-state index contributed by atoms with van der Waals surface area (Å²) in [5.41, 5.74) is 4.00. The van der Waals surface area contributed by atoms with Crippen LogP contribution in [0.3, 0.4) is 0 Å². The number of Topliss-reactive ketones (excluding diaryl/α,β-unsaturated/α-hetero) is 1. The molecule has 0 amide bonds. The molecular weight excluding hydrogens is 550 g/mol. The van der Waals surface area contributed by atoms with E-state index in [-0.39, 0.29) is 94.7 Å². The van der Waals surface area contributed by atoms with Crippen LogP contribution in [0.1, 0.15) is 64.5 Å². The van der Waals surface area contributed by atoms with Gasteiger partial charge in [-0.3, -0.25) is 4.79 Å². The fraction of sp³-hybridized carbons (Fsp3) is 0.500. The molecule has 32 heavy (non-hydrogen) atoms. The van der Waals surface area contributed by atoms with Crippen LogP contribution in [0.4, 0.5) is 11.4 Å². The van der Waals surface area contributed by atoms with Crippen LogP contribution in [0, 0.1) is 12.1 Å². The molecule has 2 aliphatic rings. The van der Waals surface area contributed by atoms with Gasteiger partial charge in [0.1, 0.15) is 0 Å². The Balaban J connectivity index is 0.000000301. The smallest absolute Gasteiger partial charge is 0.153 e. The number of anilines is 2. The number of hydrogen-bond acceptors (Lipinski definition) is 4. The summed E-state index contributed by atoms with van der Waals surface area (Å²) in [4.78, 5) is 16.4. The van der Waals surface area contributed by atoms with E-state index in [1.54, 1.807) is 0 Å². The van der Waals surface area contributed by atoms with Crippen molar-refractivity contribution >= 4 is 17.2 Å². The number of ketones is 1. The van der Waals surface area contributed by atoms with Crippen LogP contribution < -0.4 is 9.80 Å². The van der Waals surface area contributed by atoms with E-state index >= 15 is 0 Å². The van der Waals surface area contributed by atoms with Crippen LogP contribution >= 0.6 is 0 Å². The summed E-state index contributed by atoms with van der Waals surface area (Å²) in [5, 5.41) is 10.3. The molecule has 0 saturated heterocycles. The summed E-state index contributed by atoms with van der Waals surface area (Å²) < 4.78 is 0. The van der Waals surface area contributed by atoms with Gasteiger partial charge in [-0.2, -0.15) is 36.4 Å². The third kappa shape index (κ3) is 5.10. The Hall–Kier alpha value is -0.122. The molecule has 2 heterocycles. The van der Waals surface area contributed by atoms with Crippen molar-refractivity contribution in [3.8, 4) is 0 Å². The average Bonchev–Trinajstić information content (AvgIpc) is 2.74. The first kappa shape index (κ1) is 29.9. The van der Waals surface area contributed by atoms with Crippen molar-refractivity contribution in [3.05, 3.63) is 59.7 Å². The predicted octanol–water partition coefficient (Wildman–Crippen LogP) is 4.56. The topological polar surface area (TPSA) is 43.8 Å². The Morgan fingerprint density at radius 3 is 1.88 bits per heavy atom. The Bertz CT molecular complexity index is 945. The van der Waals surface area contributed by atoms with Crippen molar-refractivity contribution in [1.82, 2.24) is 0 Å². The maximum absolute atomic E-state index is 12.2. The van der Waals surface area contributed by atoms with E-state index in [9.17, 15) is 9.90 Å². The minimum absolute atomic E-state index is 0. The summed E-state index contributed by atoms with van der Waals surface area (Å²) in [6.45, 7) is 12.2. The van der Waals surface area contributed by atoms with Crippen molar-refractivity contribution in [3.63, 3.8) is 0 Å². The Labute approximate surface area is 244 Å². The van der Waals surface area contributed by atoms with Crippen LogP contribution in [0.5, 0.6) is 0 Å². The van der Waals surface area contributed by atoms with Crippen LogP contribution in [0.2, 0.25) is 0 Å². The van der Waals surface area contributed by atoms with Gasteiger partial charge in [-0.1, -0.05) is 25.2 Å². The van der Waals surface area contributed by atoms with E-state index in [1.807, 2.05) is 65.2 Å². The zero-order chi connectivity index (χ0) is 22.4. The summed E-state index contributed by atoms with van der Waals surface area (Å²) in [5.74, 6) is 0.421. The van der Waals surface area contributed by atoms with E-state index in [0.29, 0.717) is 0 Å². The largest absolute Gasteiger partial charge is 0.391 e. The second-order valence-electron chi connectivity index (χ2n) is 9.62. The number of nitrogens with zero attached hydrogens (tertiary/aromatic N) is 2. The molecule has 168 valence electrons. The van der Waals surface area contributed by atoms with Crippen LogP contribution in [-0.4, -0.2) is 42.2 Å². The molecule has 0 aliphatic carbocycles. The summed E-state index contributed by atoms with van der Waals surface area (Å²) in [6.07, 6.45) is -0.342. The van der Waals surface area contributed by atoms with Crippen molar-refractivity contribution in [2.45, 2.75) is 70.6 Å². The number of rotatable bonds is 0. The van der Waals surface area contributed by atoms with Gasteiger partial charge in [-0.15, -0.1) is 23.3 Å². The number of aliphatic hydroxyl groups excluding tert-OH is 1. The predicted molar refractivity (Wildman–Crippen MR) is 123 cm³/mol. The fourth-order valence-electron chi connectivity index (χ4n) is 4.62. The van der Waals surface area contributed by atoms with Crippen LogP contribution in [0.25, 0.3) is 0 Å². The second kappa shape index (κ2) is 11.1. The number of carbonyl (C=O) groups is 1. The molecule has 1 N–H and O–H groups in total. The number of aliphatic hydroxyl groups is 1. The van der Waals surface area contributed by atoms with Gasteiger partial charge in [0, 0.05) is 79.5 Å². The van der Waals surface area contributed by atoms with Crippen molar-refractivity contribution < 1.29 is 75.3 Å². The first-order chi connectivity index (χ1) is 13.9. The van der Waals surface area contributed by atoms with Crippen molar-refractivity contribution in [2.24, 2.45) is 0 Å². The van der Waals surface area contributed by atoms with Crippen molar-refractivity contribution in [2.75, 3.05) is 23.9 Å². The standard InChI is InChI=1S/C13H18NO.C13H16NO.2Y/c2*1-9-10-7-5-6-8-11(10)14(4)13(2,3)12(9)15;;/h6-9,12,15H,1-4H3;6-9H,1-4H3;;/q2*-1;;. The van der Waals surface area contributed by atoms with E-state index in [4.69, 9.17) is 0 Å². The zero-order valence-electron chi connectivity index (χ0n) is 20.6.